The largest absolute Gasteiger partial charge is 0.314 e. The second-order valence-corrected chi connectivity index (χ2v) is 6.06. The Hall–Kier alpha value is 0.130. The Morgan fingerprint density at radius 2 is 1.90 bits per heavy atom. The third-order valence-corrected chi connectivity index (χ3v) is 4.15. The Bertz CT molecular complexity index is 394. The van der Waals surface area contributed by atoms with Crippen LogP contribution >= 0.6 is 40.7 Å². The number of rotatable bonds is 5. The summed E-state index contributed by atoms with van der Waals surface area (Å²) in [5.74, 6) is -0.152. The summed E-state index contributed by atoms with van der Waals surface area (Å²) in [6.45, 7) is 6.35. The summed E-state index contributed by atoms with van der Waals surface area (Å²) >= 11 is 3.40. The molecule has 1 N–H and O–H groups in total. The van der Waals surface area contributed by atoms with Crippen LogP contribution in [0.4, 0.5) is 4.39 Å². The van der Waals surface area contributed by atoms with Crippen LogP contribution < -0.4 is 5.32 Å². The van der Waals surface area contributed by atoms with Crippen molar-refractivity contribution in [3.05, 3.63) is 34.1 Å². The summed E-state index contributed by atoms with van der Waals surface area (Å²) in [7, 11) is 0. The Kier molecular flexibility index (Phi) is 10.9. The zero-order valence-corrected chi connectivity index (χ0v) is 15.5. The molecule has 1 fully saturated rings. The van der Waals surface area contributed by atoms with Gasteiger partial charge in [-0.1, -0.05) is 35.7 Å². The van der Waals surface area contributed by atoms with E-state index in [0.29, 0.717) is 6.04 Å². The molecular weight excluding hydrogens is 378 g/mol. The van der Waals surface area contributed by atoms with Gasteiger partial charge in [-0.25, -0.2) is 4.39 Å². The summed E-state index contributed by atoms with van der Waals surface area (Å²) in [4.78, 5) is 2.48. The highest BCUT2D eigenvalue weighted by Crippen LogP contribution is 2.29. The van der Waals surface area contributed by atoms with Crippen molar-refractivity contribution < 1.29 is 4.39 Å². The molecule has 0 spiro atoms. The van der Waals surface area contributed by atoms with E-state index >= 15 is 0 Å². The predicted octanol–water partition coefficient (Wildman–Crippen LogP) is 4.57. The van der Waals surface area contributed by atoms with Crippen molar-refractivity contribution in [2.45, 2.75) is 32.2 Å². The topological polar surface area (TPSA) is 15.3 Å². The van der Waals surface area contributed by atoms with Crippen LogP contribution in [0.15, 0.2) is 22.7 Å². The van der Waals surface area contributed by atoms with Crippen molar-refractivity contribution in [2.75, 3.05) is 26.2 Å². The van der Waals surface area contributed by atoms with Gasteiger partial charge in [-0.2, -0.15) is 0 Å². The molecule has 1 heterocycles. The number of halogens is 4. The molecular formula is C15H24BrCl2FN2. The van der Waals surface area contributed by atoms with Crippen LogP contribution in [0.5, 0.6) is 0 Å². The molecule has 6 heteroatoms. The van der Waals surface area contributed by atoms with Gasteiger partial charge >= 0.3 is 0 Å². The molecule has 0 aliphatic carbocycles. The van der Waals surface area contributed by atoms with Gasteiger partial charge in [0.1, 0.15) is 5.82 Å². The lowest BCUT2D eigenvalue weighted by Gasteiger charge is -2.35. The van der Waals surface area contributed by atoms with Crippen molar-refractivity contribution in [3.63, 3.8) is 0 Å². The second-order valence-electron chi connectivity index (χ2n) is 5.15. The first-order valence-electron chi connectivity index (χ1n) is 7.11. The van der Waals surface area contributed by atoms with Crippen LogP contribution in [-0.4, -0.2) is 31.1 Å². The van der Waals surface area contributed by atoms with Crippen LogP contribution in [0.3, 0.4) is 0 Å². The molecule has 0 saturated carbocycles. The summed E-state index contributed by atoms with van der Waals surface area (Å²) in [6, 6.07) is 5.62. The minimum absolute atomic E-state index is 0. The number of hydrogen-bond donors (Lipinski definition) is 1. The van der Waals surface area contributed by atoms with Gasteiger partial charge in [0.05, 0.1) is 0 Å². The van der Waals surface area contributed by atoms with Gasteiger partial charge in [0.25, 0.3) is 0 Å². The molecule has 0 bridgehead atoms. The molecule has 1 aliphatic heterocycles. The van der Waals surface area contributed by atoms with E-state index in [2.05, 4.69) is 39.1 Å². The van der Waals surface area contributed by atoms with Crippen molar-refractivity contribution in [1.82, 2.24) is 10.2 Å². The summed E-state index contributed by atoms with van der Waals surface area (Å²) < 4.78 is 14.4. The van der Waals surface area contributed by atoms with Crippen molar-refractivity contribution in [2.24, 2.45) is 0 Å². The minimum Gasteiger partial charge on any atom is -0.314 e. The monoisotopic (exact) mass is 400 g/mol. The van der Waals surface area contributed by atoms with E-state index in [4.69, 9.17) is 0 Å². The quantitative estimate of drug-likeness (QED) is 0.777. The fourth-order valence-electron chi connectivity index (χ4n) is 2.72. The molecule has 1 atom stereocenters. The molecule has 0 amide bonds. The molecule has 0 aromatic heterocycles. The maximum atomic E-state index is 13.6. The number of piperazine rings is 1. The highest BCUT2D eigenvalue weighted by Gasteiger charge is 2.22. The Morgan fingerprint density at radius 1 is 1.24 bits per heavy atom. The summed E-state index contributed by atoms with van der Waals surface area (Å²) in [5.41, 5.74) is 1.10. The summed E-state index contributed by atoms with van der Waals surface area (Å²) in [6.07, 6.45) is 3.47. The molecule has 2 rings (SSSR count). The highest BCUT2D eigenvalue weighted by atomic mass is 79.9. The maximum absolute atomic E-state index is 13.6. The molecule has 1 aromatic carbocycles. The summed E-state index contributed by atoms with van der Waals surface area (Å²) in [5, 5.41) is 3.37. The smallest absolute Gasteiger partial charge is 0.124 e. The highest BCUT2D eigenvalue weighted by molar-refractivity contribution is 9.10. The van der Waals surface area contributed by atoms with Crippen LogP contribution in [0.2, 0.25) is 0 Å². The van der Waals surface area contributed by atoms with Crippen molar-refractivity contribution in [1.29, 1.82) is 0 Å². The number of nitrogens with zero attached hydrogens (tertiary/aromatic N) is 1. The Labute approximate surface area is 147 Å². The first-order chi connectivity index (χ1) is 9.20. The van der Waals surface area contributed by atoms with Gasteiger partial charge in [0.15, 0.2) is 0 Å². The van der Waals surface area contributed by atoms with Gasteiger partial charge < -0.3 is 5.32 Å². The maximum Gasteiger partial charge on any atom is 0.124 e. The van der Waals surface area contributed by atoms with Crippen LogP contribution in [0.25, 0.3) is 0 Å². The average molecular weight is 402 g/mol. The fourth-order valence-corrected chi connectivity index (χ4v) is 3.20. The number of nitrogens with one attached hydrogen (secondary N) is 1. The minimum atomic E-state index is -0.152. The molecule has 0 radical (unpaired) electrons. The first kappa shape index (κ1) is 21.1. The zero-order valence-electron chi connectivity index (χ0n) is 12.3. The molecule has 1 aliphatic rings. The first-order valence-corrected chi connectivity index (χ1v) is 7.90. The van der Waals surface area contributed by atoms with Crippen molar-refractivity contribution >= 4 is 40.7 Å². The standard InChI is InChI=1S/C15H22BrFN2.2ClH/c1-2-3-4-15(19-7-5-18-6-8-19)12-9-13(16)11-14(17)10-12;;/h9-11,15,18H,2-8H2,1H3;2*1H/t15-;;/m0../s1. The van der Waals surface area contributed by atoms with Crippen molar-refractivity contribution in [3.8, 4) is 0 Å². The lowest BCUT2D eigenvalue weighted by atomic mass is 9.98. The van der Waals surface area contributed by atoms with Gasteiger partial charge in [-0.3, -0.25) is 4.90 Å². The average Bonchev–Trinajstić information content (AvgIpc) is 2.39. The van der Waals surface area contributed by atoms with Gasteiger partial charge in [0.2, 0.25) is 0 Å². The third kappa shape index (κ3) is 6.41. The molecule has 21 heavy (non-hydrogen) atoms. The van der Waals surface area contributed by atoms with Gasteiger partial charge in [0, 0.05) is 36.7 Å². The van der Waals surface area contributed by atoms with E-state index in [9.17, 15) is 4.39 Å². The predicted molar refractivity (Wildman–Crippen MR) is 95.3 cm³/mol. The van der Waals surface area contributed by atoms with E-state index in [-0.39, 0.29) is 30.6 Å². The van der Waals surface area contributed by atoms with Crippen LogP contribution in [0, 0.1) is 5.82 Å². The number of benzene rings is 1. The zero-order chi connectivity index (χ0) is 13.7. The Morgan fingerprint density at radius 3 is 2.48 bits per heavy atom. The van der Waals surface area contributed by atoms with E-state index < -0.39 is 0 Å². The molecule has 1 aromatic rings. The second kappa shape index (κ2) is 10.8. The number of hydrogen-bond acceptors (Lipinski definition) is 2. The van der Waals surface area contributed by atoms with Gasteiger partial charge in [-0.05, 0) is 30.2 Å². The number of unbranched alkanes of at least 4 members (excludes halogenated alkanes) is 1. The lowest BCUT2D eigenvalue weighted by molar-refractivity contribution is 0.163. The van der Waals surface area contributed by atoms with E-state index in [1.807, 2.05) is 0 Å². The van der Waals surface area contributed by atoms with E-state index in [1.165, 1.54) is 18.9 Å². The molecule has 0 unspecified atom stereocenters. The molecule has 1 saturated heterocycles. The normalized spacial score (nSPS) is 16.7. The van der Waals surface area contributed by atoms with E-state index in [0.717, 1.165) is 42.6 Å². The lowest BCUT2D eigenvalue weighted by Crippen LogP contribution is -2.45. The van der Waals surface area contributed by atoms with E-state index in [1.54, 1.807) is 6.07 Å². The third-order valence-electron chi connectivity index (χ3n) is 3.69. The molecule has 122 valence electrons. The van der Waals surface area contributed by atoms with Crippen LogP contribution in [-0.2, 0) is 0 Å². The van der Waals surface area contributed by atoms with Crippen LogP contribution in [0.1, 0.15) is 37.8 Å². The van der Waals surface area contributed by atoms with Gasteiger partial charge in [-0.15, -0.1) is 24.8 Å². The fraction of sp³-hybridized carbons (Fsp3) is 0.600. The molecule has 2 nitrogen and oxygen atoms in total. The SMILES string of the molecule is CCCC[C@@H](c1cc(F)cc(Br)c1)N1CCNCC1.Cl.Cl. The Balaban J connectivity index is 0.00000200.